The quantitative estimate of drug-likeness (QED) is 0.846. The van der Waals surface area contributed by atoms with Gasteiger partial charge in [-0.1, -0.05) is 12.2 Å². The number of benzene rings is 1. The second-order valence-electron chi connectivity index (χ2n) is 4.01. The van der Waals surface area contributed by atoms with E-state index in [4.69, 9.17) is 18.0 Å². The zero-order chi connectivity index (χ0) is 14.6. The average molecular weight is 308 g/mol. The fraction of sp³-hybridized carbons (Fsp3) is 0.417. The van der Waals surface area contributed by atoms with Gasteiger partial charge >= 0.3 is 6.18 Å². The Labute approximate surface area is 120 Å². The lowest BCUT2D eigenvalue weighted by atomic mass is 10.1. The smallest absolute Gasteiger partial charge is 0.389 e. The molecule has 0 heterocycles. The van der Waals surface area contributed by atoms with Crippen molar-refractivity contribution in [3.63, 3.8) is 0 Å². The van der Waals surface area contributed by atoms with E-state index in [-0.39, 0.29) is 10.6 Å². The number of thioether (sulfide) groups is 1. The van der Waals surface area contributed by atoms with Crippen molar-refractivity contribution in [1.82, 2.24) is 0 Å². The number of alkyl halides is 3. The number of rotatable bonds is 5. The fourth-order valence-electron chi connectivity index (χ4n) is 1.58. The Balaban J connectivity index is 3.13. The molecule has 2 N–H and O–H groups in total. The van der Waals surface area contributed by atoms with Crippen LogP contribution in [0.25, 0.3) is 0 Å². The summed E-state index contributed by atoms with van der Waals surface area (Å²) in [7, 11) is 1.82. The molecule has 0 aromatic heterocycles. The summed E-state index contributed by atoms with van der Waals surface area (Å²) in [4.78, 5) is 1.63. The van der Waals surface area contributed by atoms with E-state index < -0.39 is 11.7 Å². The molecule has 0 saturated heterocycles. The van der Waals surface area contributed by atoms with Gasteiger partial charge in [0, 0.05) is 30.6 Å². The molecule has 0 aliphatic rings. The highest BCUT2D eigenvalue weighted by molar-refractivity contribution is 7.98. The zero-order valence-corrected chi connectivity index (χ0v) is 12.3. The molecular formula is C12H15F3N2S2. The molecule has 1 aromatic rings. The standard InChI is InChI=1S/C12H15F3N2S2/c1-17(5-6-19-2)8-3-4-10(12(13,14)15)9(7-8)11(16)18/h3-4,7H,5-6H2,1-2H3,(H2,16,18). The summed E-state index contributed by atoms with van der Waals surface area (Å²) in [6, 6.07) is 3.86. The number of hydrogen-bond donors (Lipinski definition) is 1. The molecule has 0 unspecified atom stereocenters. The lowest BCUT2D eigenvalue weighted by molar-refractivity contribution is -0.137. The molecule has 0 bridgehead atoms. The first-order chi connectivity index (χ1) is 8.77. The molecule has 7 heteroatoms. The molecule has 0 spiro atoms. The Morgan fingerprint density at radius 3 is 2.53 bits per heavy atom. The Bertz CT molecular complexity index is 461. The van der Waals surface area contributed by atoms with Crippen molar-refractivity contribution in [2.75, 3.05) is 30.5 Å². The number of hydrogen-bond acceptors (Lipinski definition) is 3. The lowest BCUT2D eigenvalue weighted by Gasteiger charge is -2.21. The van der Waals surface area contributed by atoms with Crippen LogP contribution in [0.3, 0.4) is 0 Å². The summed E-state index contributed by atoms with van der Waals surface area (Å²) >= 11 is 6.38. The first kappa shape index (κ1) is 16.1. The Hall–Kier alpha value is -0.950. The molecule has 19 heavy (non-hydrogen) atoms. The van der Waals surface area contributed by atoms with Gasteiger partial charge in [0.15, 0.2) is 0 Å². The maximum Gasteiger partial charge on any atom is 0.417 e. The number of nitrogens with zero attached hydrogens (tertiary/aromatic N) is 1. The summed E-state index contributed by atoms with van der Waals surface area (Å²) < 4.78 is 38.4. The van der Waals surface area contributed by atoms with Gasteiger partial charge in [-0.15, -0.1) is 0 Å². The lowest BCUT2D eigenvalue weighted by Crippen LogP contribution is -2.23. The van der Waals surface area contributed by atoms with Crippen LogP contribution in [0.5, 0.6) is 0 Å². The van der Waals surface area contributed by atoms with Crippen LogP contribution in [-0.4, -0.2) is 30.6 Å². The highest BCUT2D eigenvalue weighted by atomic mass is 32.2. The molecule has 0 aliphatic carbocycles. The Morgan fingerprint density at radius 1 is 1.42 bits per heavy atom. The highest BCUT2D eigenvalue weighted by Crippen LogP contribution is 2.33. The van der Waals surface area contributed by atoms with E-state index in [1.807, 2.05) is 18.2 Å². The van der Waals surface area contributed by atoms with Crippen LogP contribution >= 0.6 is 24.0 Å². The van der Waals surface area contributed by atoms with E-state index >= 15 is 0 Å². The molecular weight excluding hydrogens is 293 g/mol. The molecule has 0 aliphatic heterocycles. The first-order valence-corrected chi connectivity index (χ1v) is 7.28. The Kier molecular flexibility index (Phi) is 5.49. The number of anilines is 1. The van der Waals surface area contributed by atoms with Crippen molar-refractivity contribution >= 4 is 34.7 Å². The third kappa shape index (κ3) is 4.28. The molecule has 106 valence electrons. The van der Waals surface area contributed by atoms with Gasteiger partial charge in [0.05, 0.1) is 5.56 Å². The van der Waals surface area contributed by atoms with Crippen LogP contribution in [0.2, 0.25) is 0 Å². The van der Waals surface area contributed by atoms with Crippen LogP contribution in [0.4, 0.5) is 18.9 Å². The average Bonchev–Trinajstić information content (AvgIpc) is 2.34. The van der Waals surface area contributed by atoms with Crippen LogP contribution in [0.15, 0.2) is 18.2 Å². The number of halogens is 3. The number of nitrogens with two attached hydrogens (primary N) is 1. The SMILES string of the molecule is CSCCN(C)c1ccc(C(F)(F)F)c(C(N)=S)c1. The molecule has 0 saturated carbocycles. The molecule has 1 aromatic carbocycles. The van der Waals surface area contributed by atoms with Gasteiger partial charge in [-0.2, -0.15) is 24.9 Å². The highest BCUT2D eigenvalue weighted by Gasteiger charge is 2.34. The van der Waals surface area contributed by atoms with Crippen molar-refractivity contribution in [3.8, 4) is 0 Å². The van der Waals surface area contributed by atoms with Crippen molar-refractivity contribution in [3.05, 3.63) is 29.3 Å². The van der Waals surface area contributed by atoms with Gasteiger partial charge in [-0.25, -0.2) is 0 Å². The van der Waals surface area contributed by atoms with Crippen LogP contribution in [-0.2, 0) is 6.18 Å². The summed E-state index contributed by atoms with van der Waals surface area (Å²) in [5.41, 5.74) is 5.14. The molecule has 1 rings (SSSR count). The van der Waals surface area contributed by atoms with E-state index in [0.717, 1.165) is 18.4 Å². The minimum Gasteiger partial charge on any atom is -0.389 e. The van der Waals surface area contributed by atoms with Gasteiger partial charge in [-0.05, 0) is 24.5 Å². The summed E-state index contributed by atoms with van der Waals surface area (Å²) in [5, 5.41) is 0. The first-order valence-electron chi connectivity index (χ1n) is 5.48. The number of thiocarbonyl (C=S) groups is 1. The third-order valence-electron chi connectivity index (χ3n) is 2.65. The van der Waals surface area contributed by atoms with Crippen LogP contribution in [0.1, 0.15) is 11.1 Å². The molecule has 2 nitrogen and oxygen atoms in total. The van der Waals surface area contributed by atoms with E-state index in [9.17, 15) is 13.2 Å². The molecule has 0 radical (unpaired) electrons. The van der Waals surface area contributed by atoms with Crippen molar-refractivity contribution in [1.29, 1.82) is 0 Å². The zero-order valence-electron chi connectivity index (χ0n) is 10.6. The topological polar surface area (TPSA) is 29.3 Å². The van der Waals surface area contributed by atoms with Gasteiger partial charge in [0.1, 0.15) is 4.99 Å². The van der Waals surface area contributed by atoms with Gasteiger partial charge < -0.3 is 10.6 Å². The van der Waals surface area contributed by atoms with Crippen molar-refractivity contribution < 1.29 is 13.2 Å². The maximum atomic E-state index is 12.8. The minimum absolute atomic E-state index is 0.129. The normalized spacial score (nSPS) is 11.4. The van der Waals surface area contributed by atoms with E-state index in [1.54, 1.807) is 11.8 Å². The summed E-state index contributed by atoms with van der Waals surface area (Å²) in [6.07, 6.45) is -2.48. The second-order valence-corrected chi connectivity index (χ2v) is 5.43. The third-order valence-corrected chi connectivity index (χ3v) is 3.46. The van der Waals surface area contributed by atoms with E-state index in [2.05, 4.69) is 0 Å². The van der Waals surface area contributed by atoms with Gasteiger partial charge in [0.25, 0.3) is 0 Å². The van der Waals surface area contributed by atoms with E-state index in [0.29, 0.717) is 5.69 Å². The predicted molar refractivity (Wildman–Crippen MR) is 79.0 cm³/mol. The summed E-state index contributed by atoms with van der Waals surface area (Å²) in [5.74, 6) is 0.889. The monoisotopic (exact) mass is 308 g/mol. The maximum absolute atomic E-state index is 12.8. The largest absolute Gasteiger partial charge is 0.417 e. The minimum atomic E-state index is -4.45. The van der Waals surface area contributed by atoms with Crippen molar-refractivity contribution in [2.24, 2.45) is 5.73 Å². The summed E-state index contributed by atoms with van der Waals surface area (Å²) in [6.45, 7) is 0.739. The van der Waals surface area contributed by atoms with Crippen molar-refractivity contribution in [2.45, 2.75) is 6.18 Å². The van der Waals surface area contributed by atoms with Gasteiger partial charge in [0.2, 0.25) is 0 Å². The van der Waals surface area contributed by atoms with Crippen LogP contribution in [0, 0.1) is 0 Å². The molecule has 0 fully saturated rings. The van der Waals surface area contributed by atoms with Crippen LogP contribution < -0.4 is 10.6 Å². The Morgan fingerprint density at radius 2 is 2.05 bits per heavy atom. The van der Waals surface area contributed by atoms with E-state index in [1.165, 1.54) is 12.1 Å². The van der Waals surface area contributed by atoms with Gasteiger partial charge in [-0.3, -0.25) is 0 Å². The fourth-order valence-corrected chi connectivity index (χ4v) is 2.20. The second kappa shape index (κ2) is 6.47. The molecule has 0 atom stereocenters. The predicted octanol–water partition coefficient (Wildman–Crippen LogP) is 3.14. The molecule has 0 amide bonds.